The van der Waals surface area contributed by atoms with Gasteiger partial charge in [0.1, 0.15) is 11.6 Å². The summed E-state index contributed by atoms with van der Waals surface area (Å²) in [5.74, 6) is 1.97. The Morgan fingerprint density at radius 3 is 2.48 bits per heavy atom. The Hall–Kier alpha value is -3.60. The lowest BCUT2D eigenvalue weighted by Crippen LogP contribution is -2.24. The number of fused-ring (bicyclic) bond motifs is 1. The summed E-state index contributed by atoms with van der Waals surface area (Å²) < 4.78 is 8.19. The number of unbranched alkanes of at least 4 members (excludes halogenated alkanes) is 1. The van der Waals surface area contributed by atoms with Gasteiger partial charge in [0, 0.05) is 25.1 Å². The highest BCUT2D eigenvalue weighted by molar-refractivity contribution is 5.94. The lowest BCUT2D eigenvalue weighted by Gasteiger charge is -2.11. The Labute approximate surface area is 195 Å². The maximum Gasteiger partial charge on any atom is 0.251 e. The zero-order valence-electron chi connectivity index (χ0n) is 19.2. The van der Waals surface area contributed by atoms with Gasteiger partial charge in [-0.15, -0.1) is 0 Å². The van der Waals surface area contributed by atoms with Crippen LogP contribution in [0, 0.1) is 6.92 Å². The van der Waals surface area contributed by atoms with Crippen molar-refractivity contribution in [1.82, 2.24) is 14.9 Å². The Kier molecular flexibility index (Phi) is 7.75. The number of imidazole rings is 1. The minimum absolute atomic E-state index is 0.0299. The normalized spacial score (nSPS) is 10.9. The molecule has 0 bridgehead atoms. The van der Waals surface area contributed by atoms with E-state index in [0.29, 0.717) is 18.7 Å². The molecule has 5 heteroatoms. The molecule has 33 heavy (non-hydrogen) atoms. The van der Waals surface area contributed by atoms with Crippen molar-refractivity contribution >= 4 is 16.9 Å². The molecule has 1 heterocycles. The standard InChI is InChI=1S/C28H31N3O2/c1-22-15-17-24(18-16-22)33-21-8-7-20-31-26-13-6-5-12-25(26)30-27(31)14-9-19-29-28(32)23-10-3-2-4-11-23/h2-6,10-13,15-18H,7-9,14,19-21H2,1H3,(H,29,32). The molecule has 3 aromatic carbocycles. The summed E-state index contributed by atoms with van der Waals surface area (Å²) in [5.41, 5.74) is 4.12. The number of nitrogens with zero attached hydrogens (tertiary/aromatic N) is 2. The van der Waals surface area contributed by atoms with E-state index in [9.17, 15) is 4.79 Å². The number of rotatable bonds is 11. The molecule has 0 fully saturated rings. The van der Waals surface area contributed by atoms with Crippen LogP contribution in [0.3, 0.4) is 0 Å². The summed E-state index contributed by atoms with van der Waals surface area (Å²) in [4.78, 5) is 17.1. The number of carbonyl (C=O) groups excluding carboxylic acids is 1. The van der Waals surface area contributed by atoms with Crippen LogP contribution in [0.4, 0.5) is 0 Å². The minimum atomic E-state index is -0.0299. The molecule has 5 nitrogen and oxygen atoms in total. The Balaban J connectivity index is 1.28. The number of carbonyl (C=O) groups is 1. The molecule has 0 unspecified atom stereocenters. The van der Waals surface area contributed by atoms with Gasteiger partial charge in [0.2, 0.25) is 0 Å². The predicted octanol–water partition coefficient (Wildman–Crippen LogP) is 5.57. The number of ether oxygens (including phenoxy) is 1. The van der Waals surface area contributed by atoms with Crippen LogP contribution in [0.25, 0.3) is 11.0 Å². The molecule has 0 atom stereocenters. The lowest BCUT2D eigenvalue weighted by molar-refractivity contribution is 0.0953. The van der Waals surface area contributed by atoms with Gasteiger partial charge in [0.15, 0.2) is 0 Å². The molecule has 0 aliphatic heterocycles. The molecule has 170 valence electrons. The zero-order valence-corrected chi connectivity index (χ0v) is 19.2. The summed E-state index contributed by atoms with van der Waals surface area (Å²) in [6.07, 6.45) is 3.67. The SMILES string of the molecule is Cc1ccc(OCCCCn2c(CCCNC(=O)c3ccccc3)nc3ccccc32)cc1. The number of benzene rings is 3. The number of nitrogens with one attached hydrogen (secondary N) is 1. The highest BCUT2D eigenvalue weighted by Gasteiger charge is 2.11. The molecule has 0 aliphatic rings. The zero-order chi connectivity index (χ0) is 22.9. The molecule has 0 spiro atoms. The van der Waals surface area contributed by atoms with Crippen LogP contribution in [0.5, 0.6) is 5.75 Å². The fourth-order valence-electron chi connectivity index (χ4n) is 3.90. The van der Waals surface area contributed by atoms with Crippen LogP contribution in [0.15, 0.2) is 78.9 Å². The summed E-state index contributed by atoms with van der Waals surface area (Å²) in [6, 6.07) is 25.8. The highest BCUT2D eigenvalue weighted by Crippen LogP contribution is 2.18. The monoisotopic (exact) mass is 441 g/mol. The van der Waals surface area contributed by atoms with Gasteiger partial charge in [0.25, 0.3) is 5.91 Å². The first-order valence-electron chi connectivity index (χ1n) is 11.7. The van der Waals surface area contributed by atoms with E-state index in [1.54, 1.807) is 0 Å². The third kappa shape index (κ3) is 6.22. The van der Waals surface area contributed by atoms with Gasteiger partial charge >= 0.3 is 0 Å². The van der Waals surface area contributed by atoms with Crippen molar-refractivity contribution in [3.63, 3.8) is 0 Å². The first kappa shape index (κ1) is 22.6. The summed E-state index contributed by atoms with van der Waals surface area (Å²) in [7, 11) is 0. The van der Waals surface area contributed by atoms with Crippen LogP contribution in [0.2, 0.25) is 0 Å². The van der Waals surface area contributed by atoms with E-state index in [4.69, 9.17) is 9.72 Å². The smallest absolute Gasteiger partial charge is 0.251 e. The molecular weight excluding hydrogens is 410 g/mol. The fraction of sp³-hybridized carbons (Fsp3) is 0.286. The summed E-state index contributed by atoms with van der Waals surface area (Å²) in [5, 5.41) is 3.01. The van der Waals surface area contributed by atoms with E-state index < -0.39 is 0 Å². The van der Waals surface area contributed by atoms with Crippen LogP contribution < -0.4 is 10.1 Å². The Morgan fingerprint density at radius 1 is 0.909 bits per heavy atom. The van der Waals surface area contributed by atoms with Gasteiger partial charge in [0.05, 0.1) is 17.6 Å². The molecule has 4 rings (SSSR count). The third-order valence-electron chi connectivity index (χ3n) is 5.70. The molecule has 0 radical (unpaired) electrons. The quantitative estimate of drug-likeness (QED) is 0.310. The van der Waals surface area contributed by atoms with E-state index in [0.717, 1.165) is 49.3 Å². The lowest BCUT2D eigenvalue weighted by atomic mass is 10.2. The molecule has 1 amide bonds. The number of hydrogen-bond acceptors (Lipinski definition) is 3. The number of para-hydroxylation sites is 2. The van der Waals surface area contributed by atoms with Crippen molar-refractivity contribution < 1.29 is 9.53 Å². The Morgan fingerprint density at radius 2 is 1.67 bits per heavy atom. The van der Waals surface area contributed by atoms with Crippen molar-refractivity contribution in [2.24, 2.45) is 0 Å². The first-order chi connectivity index (χ1) is 16.2. The molecular formula is C28H31N3O2. The van der Waals surface area contributed by atoms with Crippen LogP contribution in [-0.2, 0) is 13.0 Å². The second kappa shape index (κ2) is 11.3. The fourth-order valence-corrected chi connectivity index (χ4v) is 3.90. The average Bonchev–Trinajstić information content (AvgIpc) is 3.20. The first-order valence-corrected chi connectivity index (χ1v) is 11.7. The van der Waals surface area contributed by atoms with Crippen molar-refractivity contribution in [3.05, 3.63) is 95.8 Å². The Bertz CT molecular complexity index is 1170. The van der Waals surface area contributed by atoms with Crippen LogP contribution >= 0.6 is 0 Å². The van der Waals surface area contributed by atoms with E-state index in [-0.39, 0.29) is 5.91 Å². The molecule has 1 aromatic heterocycles. The maximum absolute atomic E-state index is 12.2. The highest BCUT2D eigenvalue weighted by atomic mass is 16.5. The van der Waals surface area contributed by atoms with Crippen LogP contribution in [0.1, 0.15) is 41.0 Å². The number of aromatic nitrogens is 2. The largest absolute Gasteiger partial charge is 0.494 e. The second-order valence-electron chi connectivity index (χ2n) is 8.26. The summed E-state index contributed by atoms with van der Waals surface area (Å²) >= 11 is 0. The number of aryl methyl sites for hydroxylation is 3. The van der Waals surface area contributed by atoms with E-state index >= 15 is 0 Å². The van der Waals surface area contributed by atoms with Gasteiger partial charge in [-0.2, -0.15) is 0 Å². The van der Waals surface area contributed by atoms with E-state index in [1.165, 1.54) is 11.1 Å². The van der Waals surface area contributed by atoms with Gasteiger partial charge < -0.3 is 14.6 Å². The van der Waals surface area contributed by atoms with E-state index in [1.807, 2.05) is 48.5 Å². The van der Waals surface area contributed by atoms with Gasteiger partial charge in [-0.3, -0.25) is 4.79 Å². The molecule has 0 saturated heterocycles. The predicted molar refractivity (Wildman–Crippen MR) is 133 cm³/mol. The topological polar surface area (TPSA) is 56.1 Å². The van der Waals surface area contributed by atoms with Crippen molar-refractivity contribution in [2.75, 3.05) is 13.2 Å². The van der Waals surface area contributed by atoms with Gasteiger partial charge in [-0.25, -0.2) is 4.98 Å². The van der Waals surface area contributed by atoms with Crippen molar-refractivity contribution in [3.8, 4) is 5.75 Å². The minimum Gasteiger partial charge on any atom is -0.494 e. The average molecular weight is 442 g/mol. The van der Waals surface area contributed by atoms with Crippen molar-refractivity contribution in [1.29, 1.82) is 0 Å². The molecule has 1 N–H and O–H groups in total. The third-order valence-corrected chi connectivity index (χ3v) is 5.70. The van der Waals surface area contributed by atoms with Gasteiger partial charge in [-0.1, -0.05) is 48.0 Å². The molecule has 0 saturated carbocycles. The summed E-state index contributed by atoms with van der Waals surface area (Å²) in [6.45, 7) is 4.31. The number of amides is 1. The number of hydrogen-bond donors (Lipinski definition) is 1. The van der Waals surface area contributed by atoms with Gasteiger partial charge in [-0.05, 0) is 62.6 Å². The second-order valence-corrected chi connectivity index (χ2v) is 8.26. The van der Waals surface area contributed by atoms with Crippen molar-refractivity contribution in [2.45, 2.75) is 39.2 Å². The molecule has 0 aliphatic carbocycles. The molecule has 4 aromatic rings. The van der Waals surface area contributed by atoms with Crippen LogP contribution in [-0.4, -0.2) is 28.6 Å². The van der Waals surface area contributed by atoms with E-state index in [2.05, 4.69) is 47.1 Å². The maximum atomic E-state index is 12.2.